The van der Waals surface area contributed by atoms with Gasteiger partial charge >= 0.3 is 6.03 Å². The number of aryl methyl sites for hydroxylation is 1. The quantitative estimate of drug-likeness (QED) is 0.896. The van der Waals surface area contributed by atoms with Crippen LogP contribution in [0.2, 0.25) is 0 Å². The van der Waals surface area contributed by atoms with Gasteiger partial charge in [0.2, 0.25) is 0 Å². The predicted molar refractivity (Wildman–Crippen MR) is 94.2 cm³/mol. The van der Waals surface area contributed by atoms with E-state index in [1.54, 1.807) is 0 Å². The third-order valence-corrected chi connectivity index (χ3v) is 5.88. The lowest BCUT2D eigenvalue weighted by Crippen LogP contribution is -2.55. The zero-order chi connectivity index (χ0) is 17.2. The van der Waals surface area contributed by atoms with E-state index in [1.807, 2.05) is 17.9 Å². The van der Waals surface area contributed by atoms with Crippen LogP contribution >= 0.6 is 0 Å². The van der Waals surface area contributed by atoms with Gasteiger partial charge in [-0.05, 0) is 32.7 Å². The van der Waals surface area contributed by atoms with Crippen LogP contribution in [0.5, 0.6) is 0 Å². The van der Waals surface area contributed by atoms with Gasteiger partial charge < -0.3 is 14.7 Å². The smallest absolute Gasteiger partial charge is 0.317 e. The van der Waals surface area contributed by atoms with Crippen molar-refractivity contribution in [2.45, 2.75) is 51.2 Å². The topological polar surface area (TPSA) is 64.8 Å². The number of fused-ring (bicyclic) bond motifs is 1. The van der Waals surface area contributed by atoms with Crippen molar-refractivity contribution in [1.29, 1.82) is 0 Å². The maximum Gasteiger partial charge on any atom is 0.317 e. The maximum absolute atomic E-state index is 12.6. The Morgan fingerprint density at radius 3 is 2.80 bits per heavy atom. The van der Waals surface area contributed by atoms with Crippen molar-refractivity contribution in [2.75, 3.05) is 39.3 Å². The zero-order valence-corrected chi connectivity index (χ0v) is 15.1. The number of hydrogen-bond donors (Lipinski definition) is 1. The van der Waals surface area contributed by atoms with E-state index < -0.39 is 0 Å². The molecule has 1 aromatic heterocycles. The van der Waals surface area contributed by atoms with E-state index in [4.69, 9.17) is 4.52 Å². The third-order valence-electron chi connectivity index (χ3n) is 5.88. The average molecular weight is 347 g/mol. The van der Waals surface area contributed by atoms with Gasteiger partial charge in [-0.1, -0.05) is 11.6 Å². The molecule has 25 heavy (non-hydrogen) atoms. The summed E-state index contributed by atoms with van der Waals surface area (Å²) in [5.41, 5.74) is 0.918. The molecule has 2 amide bonds. The zero-order valence-electron chi connectivity index (χ0n) is 15.1. The summed E-state index contributed by atoms with van der Waals surface area (Å²) in [5, 5.41) is 7.25. The minimum Gasteiger partial charge on any atom is -0.360 e. The van der Waals surface area contributed by atoms with Gasteiger partial charge in [0.05, 0.1) is 12.2 Å². The van der Waals surface area contributed by atoms with E-state index in [1.165, 1.54) is 25.8 Å². The van der Waals surface area contributed by atoms with Gasteiger partial charge in [0.15, 0.2) is 5.76 Å². The number of aromatic nitrogens is 1. The second-order valence-electron chi connectivity index (χ2n) is 7.64. The Bertz CT molecular complexity index is 596. The Morgan fingerprint density at radius 1 is 1.20 bits per heavy atom. The first kappa shape index (κ1) is 16.8. The van der Waals surface area contributed by atoms with Gasteiger partial charge in [-0.3, -0.25) is 9.80 Å². The van der Waals surface area contributed by atoms with Crippen LogP contribution in [0.15, 0.2) is 10.6 Å². The van der Waals surface area contributed by atoms with Crippen molar-refractivity contribution in [3.05, 3.63) is 17.5 Å². The summed E-state index contributed by atoms with van der Waals surface area (Å²) in [6, 6.07) is 3.00. The Hall–Kier alpha value is -1.60. The van der Waals surface area contributed by atoms with Crippen molar-refractivity contribution in [3.63, 3.8) is 0 Å². The van der Waals surface area contributed by atoms with Crippen LogP contribution in [-0.2, 0) is 6.54 Å². The van der Waals surface area contributed by atoms with Crippen LogP contribution in [0, 0.1) is 6.92 Å². The van der Waals surface area contributed by atoms with Gasteiger partial charge in [0.1, 0.15) is 0 Å². The molecule has 1 aromatic rings. The number of piperazine rings is 1. The summed E-state index contributed by atoms with van der Waals surface area (Å²) in [5.74, 6) is 0.902. The molecular weight excluding hydrogens is 318 g/mol. The van der Waals surface area contributed by atoms with Crippen molar-refractivity contribution < 1.29 is 9.32 Å². The second kappa shape index (κ2) is 7.33. The molecule has 0 saturated carbocycles. The molecule has 138 valence electrons. The van der Waals surface area contributed by atoms with Crippen LogP contribution in [0.25, 0.3) is 0 Å². The Kier molecular flexibility index (Phi) is 4.94. The summed E-state index contributed by atoms with van der Waals surface area (Å²) in [6.45, 7) is 8.37. The number of urea groups is 1. The molecule has 0 bridgehead atoms. The number of nitrogens with one attached hydrogen (secondary N) is 1. The highest BCUT2D eigenvalue weighted by molar-refractivity contribution is 5.74. The minimum absolute atomic E-state index is 0.118. The Morgan fingerprint density at radius 2 is 2.04 bits per heavy atom. The fourth-order valence-electron chi connectivity index (χ4n) is 4.49. The monoisotopic (exact) mass is 347 g/mol. The molecule has 0 spiro atoms. The highest BCUT2D eigenvalue weighted by Crippen LogP contribution is 2.27. The summed E-state index contributed by atoms with van der Waals surface area (Å²) in [7, 11) is 0. The molecule has 0 aliphatic carbocycles. The molecule has 1 N–H and O–H groups in total. The van der Waals surface area contributed by atoms with Crippen molar-refractivity contribution in [2.24, 2.45) is 0 Å². The Labute approximate surface area is 149 Å². The van der Waals surface area contributed by atoms with E-state index in [0.29, 0.717) is 12.1 Å². The molecule has 0 aromatic carbocycles. The number of piperidine rings is 1. The minimum atomic E-state index is 0.118. The predicted octanol–water partition coefficient (Wildman–Crippen LogP) is 1.44. The number of hydrogen-bond acceptors (Lipinski definition) is 5. The first-order valence-electron chi connectivity index (χ1n) is 9.63. The van der Waals surface area contributed by atoms with Crippen molar-refractivity contribution >= 4 is 6.03 Å². The van der Waals surface area contributed by atoms with Crippen LogP contribution < -0.4 is 5.32 Å². The maximum atomic E-state index is 12.6. The summed E-state index contributed by atoms with van der Waals surface area (Å²) < 4.78 is 5.29. The SMILES string of the molecule is Cc1cc(CN2CCN(C(=O)N[C@H]3CCN4CCCC[C@@H]34)CC2)on1. The molecule has 3 saturated heterocycles. The van der Waals surface area contributed by atoms with Crippen LogP contribution in [0.3, 0.4) is 0 Å². The molecule has 7 heteroatoms. The second-order valence-corrected chi connectivity index (χ2v) is 7.64. The molecule has 4 heterocycles. The summed E-state index contributed by atoms with van der Waals surface area (Å²) >= 11 is 0. The number of carbonyl (C=O) groups excluding carboxylic acids is 1. The number of nitrogens with zero attached hydrogens (tertiary/aromatic N) is 4. The van der Waals surface area contributed by atoms with Crippen molar-refractivity contribution in [3.8, 4) is 0 Å². The first-order chi connectivity index (χ1) is 12.2. The fraction of sp³-hybridized carbons (Fsp3) is 0.778. The van der Waals surface area contributed by atoms with Gasteiger partial charge in [0.25, 0.3) is 0 Å². The lowest BCUT2D eigenvalue weighted by Gasteiger charge is -2.36. The first-order valence-corrected chi connectivity index (χ1v) is 9.63. The third kappa shape index (κ3) is 3.82. The molecule has 2 atom stereocenters. The molecule has 4 rings (SSSR count). The molecular formula is C18H29N5O2. The van der Waals surface area contributed by atoms with Crippen LogP contribution in [-0.4, -0.2) is 77.2 Å². The molecule has 3 aliphatic rings. The number of rotatable bonds is 3. The summed E-state index contributed by atoms with van der Waals surface area (Å²) in [6.07, 6.45) is 4.94. The van der Waals surface area contributed by atoms with Crippen LogP contribution in [0.4, 0.5) is 4.79 Å². The standard InChI is InChI=1S/C18H29N5O2/c1-14-12-15(25-20-14)13-21-8-10-23(11-9-21)18(24)19-16-5-7-22-6-3-2-4-17(16)22/h12,16-17H,2-11,13H2,1H3,(H,19,24)/t16-,17-/m0/s1. The van der Waals surface area contributed by atoms with Gasteiger partial charge in [-0.25, -0.2) is 4.79 Å². The highest BCUT2D eigenvalue weighted by atomic mass is 16.5. The Balaban J connectivity index is 1.24. The van der Waals surface area contributed by atoms with Crippen LogP contribution in [0.1, 0.15) is 37.1 Å². The van der Waals surface area contributed by atoms with E-state index in [2.05, 4.69) is 20.3 Å². The normalized spacial score (nSPS) is 28.1. The van der Waals surface area contributed by atoms with Gasteiger partial charge in [-0.15, -0.1) is 0 Å². The number of carbonyl (C=O) groups is 1. The summed E-state index contributed by atoms with van der Waals surface area (Å²) in [4.78, 5) is 19.5. The van der Waals surface area contributed by atoms with E-state index >= 15 is 0 Å². The average Bonchev–Trinajstić information content (AvgIpc) is 3.22. The molecule has 0 unspecified atom stereocenters. The lowest BCUT2D eigenvalue weighted by atomic mass is 9.99. The van der Waals surface area contributed by atoms with Crippen molar-refractivity contribution in [1.82, 2.24) is 25.2 Å². The molecule has 3 fully saturated rings. The van der Waals surface area contributed by atoms with E-state index in [0.717, 1.165) is 57.1 Å². The number of amides is 2. The molecule has 3 aliphatic heterocycles. The lowest BCUT2D eigenvalue weighted by molar-refractivity contribution is 0.122. The fourth-order valence-corrected chi connectivity index (χ4v) is 4.49. The largest absolute Gasteiger partial charge is 0.360 e. The van der Waals surface area contributed by atoms with E-state index in [9.17, 15) is 4.79 Å². The van der Waals surface area contributed by atoms with E-state index in [-0.39, 0.29) is 6.03 Å². The molecule has 7 nitrogen and oxygen atoms in total. The van der Waals surface area contributed by atoms with Gasteiger partial charge in [0, 0.05) is 50.9 Å². The highest BCUT2D eigenvalue weighted by Gasteiger charge is 2.37. The molecule has 0 radical (unpaired) electrons. The van der Waals surface area contributed by atoms with Gasteiger partial charge in [-0.2, -0.15) is 0 Å².